The summed E-state index contributed by atoms with van der Waals surface area (Å²) in [5, 5.41) is 2.87. The molecule has 4 nitrogen and oxygen atoms in total. The minimum absolute atomic E-state index is 0.0245. The molecule has 2 rings (SSSR count). The Balaban J connectivity index is 2.18. The van der Waals surface area contributed by atoms with Gasteiger partial charge in [-0.25, -0.2) is 8.42 Å². The van der Waals surface area contributed by atoms with Gasteiger partial charge >= 0.3 is 0 Å². The van der Waals surface area contributed by atoms with E-state index in [-0.39, 0.29) is 17.4 Å². The average molecular weight is 281 g/mol. The molecule has 1 heterocycles. The molecule has 1 aromatic carbocycles. The minimum Gasteiger partial charge on any atom is -0.346 e. The summed E-state index contributed by atoms with van der Waals surface area (Å²) < 4.78 is 23.0. The van der Waals surface area contributed by atoms with Crippen LogP contribution in [0.1, 0.15) is 34.8 Å². The Bertz CT molecular complexity index is 622. The first-order valence-electron chi connectivity index (χ1n) is 6.31. The first-order chi connectivity index (χ1) is 8.71. The molecule has 1 N–H and O–H groups in total. The molecule has 0 radical (unpaired) electrons. The highest BCUT2D eigenvalue weighted by Gasteiger charge is 2.39. The van der Waals surface area contributed by atoms with Gasteiger partial charge in [0.15, 0.2) is 9.84 Å². The van der Waals surface area contributed by atoms with Gasteiger partial charge in [-0.2, -0.15) is 0 Å². The minimum atomic E-state index is -3.01. The Morgan fingerprint density at radius 3 is 2.53 bits per heavy atom. The number of rotatable bonds is 2. The summed E-state index contributed by atoms with van der Waals surface area (Å²) in [4.78, 5) is 12.2. The maximum atomic E-state index is 12.2. The van der Waals surface area contributed by atoms with E-state index >= 15 is 0 Å². The van der Waals surface area contributed by atoms with Crippen molar-refractivity contribution in [1.82, 2.24) is 5.32 Å². The Hall–Kier alpha value is -1.36. The van der Waals surface area contributed by atoms with Gasteiger partial charge in [0.1, 0.15) is 0 Å². The average Bonchev–Trinajstić information content (AvgIpc) is 2.52. The van der Waals surface area contributed by atoms with Crippen LogP contribution >= 0.6 is 0 Å². The maximum Gasteiger partial charge on any atom is 0.251 e. The van der Waals surface area contributed by atoms with E-state index in [9.17, 15) is 13.2 Å². The molecule has 1 saturated heterocycles. The molecule has 19 heavy (non-hydrogen) atoms. The second kappa shape index (κ2) is 4.63. The summed E-state index contributed by atoms with van der Waals surface area (Å²) in [7, 11) is -3.01. The number of carbonyl (C=O) groups is 1. The van der Waals surface area contributed by atoms with Crippen LogP contribution in [-0.4, -0.2) is 31.4 Å². The fourth-order valence-electron chi connectivity index (χ4n) is 2.52. The van der Waals surface area contributed by atoms with Crippen molar-refractivity contribution in [3.63, 3.8) is 0 Å². The molecule has 0 bridgehead atoms. The van der Waals surface area contributed by atoms with Crippen molar-refractivity contribution < 1.29 is 13.2 Å². The van der Waals surface area contributed by atoms with Crippen molar-refractivity contribution >= 4 is 15.7 Å². The number of aryl methyl sites for hydroxylation is 2. The van der Waals surface area contributed by atoms with Crippen molar-refractivity contribution in [2.45, 2.75) is 32.7 Å². The van der Waals surface area contributed by atoms with Gasteiger partial charge < -0.3 is 5.32 Å². The Morgan fingerprint density at radius 2 is 2.00 bits per heavy atom. The molecule has 1 aliphatic heterocycles. The number of nitrogens with one attached hydrogen (secondary N) is 1. The summed E-state index contributed by atoms with van der Waals surface area (Å²) in [5.41, 5.74) is 1.97. The zero-order valence-electron chi connectivity index (χ0n) is 11.5. The molecule has 0 aromatic heterocycles. The van der Waals surface area contributed by atoms with E-state index in [1.165, 1.54) is 0 Å². The fourth-order valence-corrected chi connectivity index (χ4v) is 4.61. The number of sulfone groups is 1. The number of carbonyl (C=O) groups excluding carboxylic acids is 1. The van der Waals surface area contributed by atoms with Crippen LogP contribution in [0.3, 0.4) is 0 Å². The lowest BCUT2D eigenvalue weighted by Crippen LogP contribution is -2.47. The fraction of sp³-hybridized carbons (Fsp3) is 0.500. The summed E-state index contributed by atoms with van der Waals surface area (Å²) in [6, 6.07) is 5.62. The molecule has 5 heteroatoms. The van der Waals surface area contributed by atoms with Crippen LogP contribution in [0.15, 0.2) is 18.2 Å². The van der Waals surface area contributed by atoms with E-state index in [4.69, 9.17) is 0 Å². The topological polar surface area (TPSA) is 63.2 Å². The lowest BCUT2D eigenvalue weighted by molar-refractivity contribution is 0.0915. The Kier molecular flexibility index (Phi) is 3.43. The molecule has 1 amide bonds. The van der Waals surface area contributed by atoms with Crippen LogP contribution in [0.2, 0.25) is 0 Å². The first-order valence-corrected chi connectivity index (χ1v) is 8.13. The lowest BCUT2D eigenvalue weighted by atomic mass is 9.99. The molecule has 1 aromatic rings. The van der Waals surface area contributed by atoms with Crippen molar-refractivity contribution in [3.8, 4) is 0 Å². The van der Waals surface area contributed by atoms with E-state index < -0.39 is 15.4 Å². The summed E-state index contributed by atoms with van der Waals surface area (Å²) >= 11 is 0. The molecule has 0 saturated carbocycles. The standard InChI is InChI=1S/C14H19NO3S/c1-10-4-5-12(11(2)8-10)13(16)15-14(3)6-7-19(17,18)9-14/h4-5,8H,6-7,9H2,1-3H3,(H,15,16). The lowest BCUT2D eigenvalue weighted by Gasteiger charge is -2.24. The van der Waals surface area contributed by atoms with E-state index in [1.54, 1.807) is 13.0 Å². The summed E-state index contributed by atoms with van der Waals surface area (Å²) in [6.45, 7) is 5.65. The van der Waals surface area contributed by atoms with E-state index in [1.807, 2.05) is 26.0 Å². The van der Waals surface area contributed by atoms with Gasteiger partial charge in [0.25, 0.3) is 5.91 Å². The van der Waals surface area contributed by atoms with Gasteiger partial charge in [0.05, 0.1) is 17.0 Å². The largest absolute Gasteiger partial charge is 0.346 e. The van der Waals surface area contributed by atoms with Crippen LogP contribution in [0, 0.1) is 13.8 Å². The zero-order chi connectivity index (χ0) is 14.3. The molecule has 104 valence electrons. The molecular weight excluding hydrogens is 262 g/mol. The van der Waals surface area contributed by atoms with Gasteiger partial charge in [-0.15, -0.1) is 0 Å². The summed E-state index contributed by atoms with van der Waals surface area (Å²) in [6.07, 6.45) is 0.478. The van der Waals surface area contributed by atoms with E-state index in [0.717, 1.165) is 11.1 Å². The van der Waals surface area contributed by atoms with Crippen LogP contribution in [0.4, 0.5) is 0 Å². The summed E-state index contributed by atoms with van der Waals surface area (Å²) in [5.74, 6) is -0.0232. The van der Waals surface area contributed by atoms with Crippen molar-refractivity contribution in [2.24, 2.45) is 0 Å². The predicted octanol–water partition coefficient (Wildman–Crippen LogP) is 1.61. The number of amides is 1. The smallest absolute Gasteiger partial charge is 0.251 e. The van der Waals surface area contributed by atoms with Gasteiger partial charge in [-0.3, -0.25) is 4.79 Å². The number of hydrogen-bond acceptors (Lipinski definition) is 3. The van der Waals surface area contributed by atoms with Crippen molar-refractivity contribution in [3.05, 3.63) is 34.9 Å². The number of hydrogen-bond donors (Lipinski definition) is 1. The molecule has 1 fully saturated rings. The van der Waals surface area contributed by atoms with Crippen molar-refractivity contribution in [1.29, 1.82) is 0 Å². The maximum absolute atomic E-state index is 12.2. The predicted molar refractivity (Wildman–Crippen MR) is 75.1 cm³/mol. The quantitative estimate of drug-likeness (QED) is 0.896. The third kappa shape index (κ3) is 3.15. The van der Waals surface area contributed by atoms with Crippen LogP contribution < -0.4 is 5.32 Å². The van der Waals surface area contributed by atoms with Gasteiger partial charge in [-0.05, 0) is 38.8 Å². The molecule has 0 aliphatic carbocycles. The molecular formula is C14H19NO3S. The van der Waals surface area contributed by atoms with Gasteiger partial charge in [-0.1, -0.05) is 17.7 Å². The van der Waals surface area contributed by atoms with Crippen LogP contribution in [0.5, 0.6) is 0 Å². The van der Waals surface area contributed by atoms with Crippen molar-refractivity contribution in [2.75, 3.05) is 11.5 Å². The first kappa shape index (κ1) is 14.1. The molecule has 1 aliphatic rings. The third-order valence-corrected chi connectivity index (χ3v) is 5.45. The molecule has 0 spiro atoms. The zero-order valence-corrected chi connectivity index (χ0v) is 12.3. The highest BCUT2D eigenvalue weighted by Crippen LogP contribution is 2.23. The Labute approximate surface area is 114 Å². The number of benzene rings is 1. The van der Waals surface area contributed by atoms with Gasteiger partial charge in [0.2, 0.25) is 0 Å². The SMILES string of the molecule is Cc1ccc(C(=O)NC2(C)CCS(=O)(=O)C2)c(C)c1. The van der Waals surface area contributed by atoms with Gasteiger partial charge in [0, 0.05) is 5.56 Å². The monoisotopic (exact) mass is 281 g/mol. The second-order valence-corrected chi connectivity index (χ2v) is 7.86. The van der Waals surface area contributed by atoms with E-state index in [0.29, 0.717) is 12.0 Å². The normalized spacial score (nSPS) is 25.2. The third-order valence-electron chi connectivity index (χ3n) is 3.55. The Morgan fingerprint density at radius 1 is 1.32 bits per heavy atom. The van der Waals surface area contributed by atoms with E-state index in [2.05, 4.69) is 5.32 Å². The molecule has 1 atom stereocenters. The van der Waals surface area contributed by atoms with Crippen LogP contribution in [-0.2, 0) is 9.84 Å². The molecule has 1 unspecified atom stereocenters. The van der Waals surface area contributed by atoms with Crippen LogP contribution in [0.25, 0.3) is 0 Å². The highest BCUT2D eigenvalue weighted by molar-refractivity contribution is 7.91. The highest BCUT2D eigenvalue weighted by atomic mass is 32.2. The second-order valence-electron chi connectivity index (χ2n) is 5.68.